The summed E-state index contributed by atoms with van der Waals surface area (Å²) < 4.78 is 15.5. The molecule has 31 heavy (non-hydrogen) atoms. The molecule has 168 valence electrons. The molecule has 0 bridgehead atoms. The van der Waals surface area contributed by atoms with E-state index in [-0.39, 0.29) is 11.9 Å². The van der Waals surface area contributed by atoms with Gasteiger partial charge in [-0.1, -0.05) is 11.2 Å². The van der Waals surface area contributed by atoms with Gasteiger partial charge in [-0.2, -0.15) is 0 Å². The Morgan fingerprint density at radius 1 is 1.06 bits per heavy atom. The molecule has 0 radical (unpaired) electrons. The molecule has 0 saturated carbocycles. The van der Waals surface area contributed by atoms with Crippen molar-refractivity contribution < 1.29 is 23.6 Å². The first-order valence-electron chi connectivity index (χ1n) is 10.2. The predicted molar refractivity (Wildman–Crippen MR) is 113 cm³/mol. The third kappa shape index (κ3) is 6.11. The van der Waals surface area contributed by atoms with Crippen molar-refractivity contribution in [2.45, 2.75) is 13.5 Å². The molecule has 2 N–H and O–H groups in total. The molecular formula is C21H29N5O5. The monoisotopic (exact) mass is 431 g/mol. The largest absolute Gasteiger partial charge is 0.493 e. The van der Waals surface area contributed by atoms with Crippen LogP contribution in [0, 0.1) is 6.92 Å². The fraction of sp³-hybridized carbons (Fsp3) is 0.476. The van der Waals surface area contributed by atoms with Gasteiger partial charge in [0.25, 0.3) is 5.91 Å². The second-order valence-electron chi connectivity index (χ2n) is 7.26. The van der Waals surface area contributed by atoms with Crippen molar-refractivity contribution in [3.63, 3.8) is 0 Å². The van der Waals surface area contributed by atoms with Crippen LogP contribution in [0.25, 0.3) is 0 Å². The van der Waals surface area contributed by atoms with E-state index in [4.69, 9.17) is 14.0 Å². The Morgan fingerprint density at radius 3 is 2.45 bits per heavy atom. The highest BCUT2D eigenvalue weighted by Gasteiger charge is 2.24. The van der Waals surface area contributed by atoms with Gasteiger partial charge in [0.1, 0.15) is 5.76 Å². The number of ether oxygens (including phenoxy) is 2. The molecule has 0 spiro atoms. The summed E-state index contributed by atoms with van der Waals surface area (Å²) in [6.07, 6.45) is 0. The van der Waals surface area contributed by atoms with Crippen molar-refractivity contribution in [2.24, 2.45) is 0 Å². The number of carbonyl (C=O) groups excluding carboxylic acids is 2. The average Bonchev–Trinajstić information content (AvgIpc) is 3.23. The first-order chi connectivity index (χ1) is 15.0. The summed E-state index contributed by atoms with van der Waals surface area (Å²) in [5.41, 5.74) is 1.26. The highest BCUT2D eigenvalue weighted by atomic mass is 16.5. The maximum atomic E-state index is 12.4. The minimum atomic E-state index is -0.231. The lowest BCUT2D eigenvalue weighted by atomic mass is 10.2. The Bertz CT molecular complexity index is 892. The summed E-state index contributed by atoms with van der Waals surface area (Å²) in [6, 6.07) is 6.94. The van der Waals surface area contributed by atoms with Gasteiger partial charge < -0.3 is 29.5 Å². The second-order valence-corrected chi connectivity index (χ2v) is 7.26. The van der Waals surface area contributed by atoms with E-state index in [0.717, 1.165) is 25.2 Å². The molecule has 0 aliphatic carbocycles. The Labute approximate surface area is 181 Å². The van der Waals surface area contributed by atoms with Crippen LogP contribution in [0.1, 0.15) is 21.8 Å². The molecule has 2 aromatic rings. The van der Waals surface area contributed by atoms with Crippen LogP contribution in [0.2, 0.25) is 0 Å². The normalized spacial score (nSPS) is 14.2. The average molecular weight is 431 g/mol. The van der Waals surface area contributed by atoms with Crippen molar-refractivity contribution in [2.75, 3.05) is 53.5 Å². The number of nitrogens with one attached hydrogen (secondary N) is 2. The third-order valence-corrected chi connectivity index (χ3v) is 5.12. The lowest BCUT2D eigenvalue weighted by molar-refractivity contribution is 0.0629. The number of methoxy groups -OCH3 is 2. The molecule has 0 unspecified atom stereocenters. The third-order valence-electron chi connectivity index (χ3n) is 5.12. The van der Waals surface area contributed by atoms with Gasteiger partial charge in [0.2, 0.25) is 0 Å². The number of hydrogen-bond acceptors (Lipinski definition) is 7. The molecule has 2 heterocycles. The van der Waals surface area contributed by atoms with Crippen LogP contribution in [0.15, 0.2) is 28.8 Å². The molecule has 1 aliphatic rings. The molecular weight excluding hydrogens is 402 g/mol. The summed E-state index contributed by atoms with van der Waals surface area (Å²) in [5, 5.41) is 9.49. The first-order valence-corrected chi connectivity index (χ1v) is 10.2. The molecule has 3 rings (SSSR count). The highest BCUT2D eigenvalue weighted by Crippen LogP contribution is 2.27. The van der Waals surface area contributed by atoms with E-state index >= 15 is 0 Å². The van der Waals surface area contributed by atoms with E-state index in [2.05, 4.69) is 20.7 Å². The minimum Gasteiger partial charge on any atom is -0.493 e. The fourth-order valence-electron chi connectivity index (χ4n) is 3.37. The van der Waals surface area contributed by atoms with E-state index < -0.39 is 0 Å². The topological polar surface area (TPSA) is 109 Å². The van der Waals surface area contributed by atoms with Gasteiger partial charge in [-0.15, -0.1) is 0 Å². The Balaban J connectivity index is 1.33. The second kappa shape index (κ2) is 10.7. The van der Waals surface area contributed by atoms with Crippen LogP contribution >= 0.6 is 0 Å². The standard InChI is InChI=1S/C21H29N5O5/c1-15-12-17(24-31-15)20(27)26-10-8-25(9-11-26)7-6-22-21(28)23-14-16-4-5-18(29-2)19(13-16)30-3/h4-5,12-13H,6-11,14H2,1-3H3,(H2,22,23,28). The van der Waals surface area contributed by atoms with Crippen molar-refractivity contribution in [3.05, 3.63) is 41.3 Å². The van der Waals surface area contributed by atoms with E-state index in [0.29, 0.717) is 49.1 Å². The Morgan fingerprint density at radius 2 is 1.81 bits per heavy atom. The summed E-state index contributed by atoms with van der Waals surface area (Å²) in [7, 11) is 3.16. The zero-order valence-corrected chi connectivity index (χ0v) is 18.1. The molecule has 10 nitrogen and oxygen atoms in total. The number of amides is 3. The molecule has 3 amide bonds. The van der Waals surface area contributed by atoms with E-state index in [9.17, 15) is 9.59 Å². The van der Waals surface area contributed by atoms with Crippen molar-refractivity contribution in [1.82, 2.24) is 25.6 Å². The van der Waals surface area contributed by atoms with Crippen LogP contribution in [0.4, 0.5) is 4.79 Å². The number of benzene rings is 1. The number of nitrogens with zero attached hydrogens (tertiary/aromatic N) is 3. The number of hydrogen-bond donors (Lipinski definition) is 2. The van der Waals surface area contributed by atoms with E-state index in [1.807, 2.05) is 18.2 Å². The predicted octanol–water partition coefficient (Wildman–Crippen LogP) is 1.26. The quantitative estimate of drug-likeness (QED) is 0.648. The summed E-state index contributed by atoms with van der Waals surface area (Å²) in [6.45, 7) is 6.12. The zero-order chi connectivity index (χ0) is 22.2. The highest BCUT2D eigenvalue weighted by molar-refractivity contribution is 5.92. The first kappa shape index (κ1) is 22.4. The van der Waals surface area contributed by atoms with Gasteiger partial charge in [-0.3, -0.25) is 9.69 Å². The molecule has 1 saturated heterocycles. The Hall–Kier alpha value is -3.27. The number of urea groups is 1. The minimum absolute atomic E-state index is 0.107. The van der Waals surface area contributed by atoms with Crippen molar-refractivity contribution in [1.29, 1.82) is 0 Å². The van der Waals surface area contributed by atoms with Crippen LogP contribution in [0.3, 0.4) is 0 Å². The van der Waals surface area contributed by atoms with E-state index in [1.54, 1.807) is 32.1 Å². The number of aromatic nitrogens is 1. The number of aryl methyl sites for hydroxylation is 1. The van der Waals surface area contributed by atoms with Gasteiger partial charge in [0.15, 0.2) is 17.2 Å². The number of carbonyl (C=O) groups is 2. The molecule has 1 aromatic carbocycles. The smallest absolute Gasteiger partial charge is 0.315 e. The molecule has 10 heteroatoms. The lowest BCUT2D eigenvalue weighted by Gasteiger charge is -2.34. The van der Waals surface area contributed by atoms with Crippen molar-refractivity contribution >= 4 is 11.9 Å². The van der Waals surface area contributed by atoms with Crippen LogP contribution in [-0.4, -0.2) is 80.4 Å². The molecule has 1 aliphatic heterocycles. The summed E-state index contributed by atoms with van der Waals surface area (Å²) >= 11 is 0. The van der Waals surface area contributed by atoms with Crippen LogP contribution < -0.4 is 20.1 Å². The van der Waals surface area contributed by atoms with E-state index in [1.165, 1.54) is 0 Å². The molecule has 0 atom stereocenters. The maximum absolute atomic E-state index is 12.4. The summed E-state index contributed by atoms with van der Waals surface area (Å²) in [5.74, 6) is 1.79. The SMILES string of the molecule is COc1ccc(CNC(=O)NCCN2CCN(C(=O)c3cc(C)on3)CC2)cc1OC. The van der Waals surface area contributed by atoms with Gasteiger partial charge in [0.05, 0.1) is 14.2 Å². The van der Waals surface area contributed by atoms with Gasteiger partial charge in [0, 0.05) is 51.9 Å². The molecule has 1 aromatic heterocycles. The van der Waals surface area contributed by atoms with Gasteiger partial charge in [-0.25, -0.2) is 4.79 Å². The summed E-state index contributed by atoms with van der Waals surface area (Å²) in [4.78, 5) is 28.5. The maximum Gasteiger partial charge on any atom is 0.315 e. The Kier molecular flexibility index (Phi) is 7.71. The molecule has 1 fully saturated rings. The van der Waals surface area contributed by atoms with Crippen molar-refractivity contribution in [3.8, 4) is 11.5 Å². The lowest BCUT2D eigenvalue weighted by Crippen LogP contribution is -2.50. The van der Waals surface area contributed by atoms with Gasteiger partial charge in [-0.05, 0) is 24.6 Å². The fourth-order valence-corrected chi connectivity index (χ4v) is 3.37. The zero-order valence-electron chi connectivity index (χ0n) is 18.1. The van der Waals surface area contributed by atoms with Gasteiger partial charge >= 0.3 is 6.03 Å². The van der Waals surface area contributed by atoms with Crippen LogP contribution in [0.5, 0.6) is 11.5 Å². The number of rotatable bonds is 8. The van der Waals surface area contributed by atoms with Crippen LogP contribution in [-0.2, 0) is 6.54 Å². The number of piperazine rings is 1.